The predicted molar refractivity (Wildman–Crippen MR) is 122 cm³/mol. The fourth-order valence-corrected chi connectivity index (χ4v) is 4.27. The minimum absolute atomic E-state index is 0.560. The van der Waals surface area contributed by atoms with Gasteiger partial charge in [0.2, 0.25) is 30.4 Å². The molecule has 2 rings (SSSR count). The Morgan fingerprint density at radius 1 is 0.571 bits per heavy atom. The summed E-state index contributed by atoms with van der Waals surface area (Å²) in [6.07, 6.45) is 0. The first-order valence-electron chi connectivity index (χ1n) is 11.2. The third-order valence-corrected chi connectivity index (χ3v) is 7.44. The lowest BCUT2D eigenvalue weighted by molar-refractivity contribution is -0.183. The van der Waals surface area contributed by atoms with Crippen molar-refractivity contribution in [3.05, 3.63) is 0 Å². The van der Waals surface area contributed by atoms with Gasteiger partial charge in [-0.15, -0.1) is 0 Å². The van der Waals surface area contributed by atoms with Gasteiger partial charge in [-0.3, -0.25) is 48.4 Å². The molecule has 0 spiro atoms. The average Bonchev–Trinajstić information content (AvgIpc) is 2.76. The van der Waals surface area contributed by atoms with E-state index in [4.69, 9.17) is 9.47 Å². The Morgan fingerprint density at radius 2 is 0.800 bits per heavy atom. The summed E-state index contributed by atoms with van der Waals surface area (Å²) in [6.45, 7) is 11.1. The zero-order valence-corrected chi connectivity index (χ0v) is 22.2. The number of carbonyl (C=O) groups is 6. The molecule has 12 heteroatoms. The van der Waals surface area contributed by atoms with Gasteiger partial charge in [0.05, 0.1) is 22.2 Å². The zero-order valence-electron chi connectivity index (χ0n) is 22.2. The molecule has 12 nitrogen and oxygen atoms in total. The lowest BCUT2D eigenvalue weighted by Gasteiger charge is -2.51. The van der Waals surface area contributed by atoms with Crippen LogP contribution in [0.2, 0.25) is 0 Å². The number of ether oxygens (including phenoxy) is 2. The summed E-state index contributed by atoms with van der Waals surface area (Å²) in [5.41, 5.74) is -4.14. The molecule has 2 aliphatic rings. The monoisotopic (exact) mass is 496 g/mol. The van der Waals surface area contributed by atoms with Crippen molar-refractivity contribution in [1.82, 2.24) is 19.6 Å². The van der Waals surface area contributed by atoms with Crippen molar-refractivity contribution in [2.24, 2.45) is 0 Å². The maximum Gasteiger partial charge on any atom is 0.329 e. The molecule has 2 fully saturated rings. The molecule has 0 N–H and O–H groups in total. The maximum atomic E-state index is 12.8. The maximum absolute atomic E-state index is 12.8. The number of esters is 2. The molecule has 0 unspecified atom stereocenters. The Balaban J connectivity index is 1.97. The van der Waals surface area contributed by atoms with Gasteiger partial charge in [0, 0.05) is 0 Å². The van der Waals surface area contributed by atoms with Crippen molar-refractivity contribution in [3.8, 4) is 0 Å². The molecule has 0 aromatic heterocycles. The van der Waals surface area contributed by atoms with E-state index in [1.54, 1.807) is 79.3 Å². The van der Waals surface area contributed by atoms with E-state index < -0.39 is 77.6 Å². The van der Waals surface area contributed by atoms with Crippen LogP contribution in [0.1, 0.15) is 55.4 Å². The van der Waals surface area contributed by atoms with Gasteiger partial charge in [-0.2, -0.15) is 0 Å². The third kappa shape index (κ3) is 4.68. The highest BCUT2D eigenvalue weighted by Crippen LogP contribution is 2.33. The lowest BCUT2D eigenvalue weighted by Crippen LogP contribution is -2.73. The van der Waals surface area contributed by atoms with E-state index in [-0.39, 0.29) is 0 Å². The Kier molecular flexibility index (Phi) is 7.28. The molecule has 0 aromatic rings. The summed E-state index contributed by atoms with van der Waals surface area (Å²) in [5, 5.41) is 0. The normalized spacial score (nSPS) is 23.9. The first-order chi connectivity index (χ1) is 15.7. The van der Waals surface area contributed by atoms with Gasteiger partial charge < -0.3 is 9.47 Å². The van der Waals surface area contributed by atoms with Gasteiger partial charge in [-0.05, 0) is 69.5 Å². The van der Waals surface area contributed by atoms with Gasteiger partial charge in [-0.1, -0.05) is 0 Å². The minimum Gasteiger partial charge on any atom is -0.427 e. The van der Waals surface area contributed by atoms with Crippen LogP contribution in [0.15, 0.2) is 0 Å². The average molecular weight is 497 g/mol. The molecule has 0 radical (unpaired) electrons. The largest absolute Gasteiger partial charge is 0.427 e. The Hall–Kier alpha value is -2.86. The smallest absolute Gasteiger partial charge is 0.329 e. The highest BCUT2D eigenvalue weighted by Gasteiger charge is 2.55. The van der Waals surface area contributed by atoms with Gasteiger partial charge in [0.15, 0.2) is 0 Å². The number of nitrogens with zero attached hydrogens (tertiary/aromatic N) is 4. The van der Waals surface area contributed by atoms with Crippen LogP contribution in [0.25, 0.3) is 0 Å². The molecule has 0 aliphatic carbocycles. The highest BCUT2D eigenvalue weighted by molar-refractivity contribution is 6.08. The summed E-state index contributed by atoms with van der Waals surface area (Å²) < 4.78 is 9.76. The Bertz CT molecular complexity index is 837. The summed E-state index contributed by atoms with van der Waals surface area (Å²) in [5.74, 6) is -4.15. The van der Waals surface area contributed by atoms with Crippen molar-refractivity contribution < 1.29 is 38.2 Å². The highest BCUT2D eigenvalue weighted by atomic mass is 16.7. The summed E-state index contributed by atoms with van der Waals surface area (Å²) >= 11 is 0. The van der Waals surface area contributed by atoms with E-state index in [0.29, 0.717) is 0 Å². The van der Waals surface area contributed by atoms with E-state index in [9.17, 15) is 28.8 Å². The SMILES string of the molecule is CN1C(C)(C)C(=O)N(CC(=O)OCOC(=O)CN2C(=O)C(C)(C)N(C)C(C)(C)C2=O)C(=O)C1(C)C. The van der Waals surface area contributed by atoms with E-state index >= 15 is 0 Å². The van der Waals surface area contributed by atoms with Gasteiger partial charge in [-0.25, -0.2) is 0 Å². The molecule has 0 bridgehead atoms. The second kappa shape index (κ2) is 8.98. The second-order valence-corrected chi connectivity index (χ2v) is 10.9. The van der Waals surface area contributed by atoms with Crippen LogP contribution in [-0.4, -0.2) is 111 Å². The second-order valence-electron chi connectivity index (χ2n) is 10.9. The van der Waals surface area contributed by atoms with Crippen LogP contribution in [0.5, 0.6) is 0 Å². The first kappa shape index (κ1) is 28.4. The fourth-order valence-electron chi connectivity index (χ4n) is 4.27. The number of carbonyl (C=O) groups excluding carboxylic acids is 6. The van der Waals surface area contributed by atoms with Crippen LogP contribution in [0.4, 0.5) is 0 Å². The molecule has 4 amide bonds. The number of piperazine rings is 2. The number of imide groups is 2. The van der Waals surface area contributed by atoms with E-state index in [0.717, 1.165) is 9.80 Å². The van der Waals surface area contributed by atoms with Gasteiger partial charge in [0.25, 0.3) is 0 Å². The molecule has 0 aromatic carbocycles. The number of hydrogen-bond acceptors (Lipinski definition) is 10. The molecular weight excluding hydrogens is 460 g/mol. The van der Waals surface area contributed by atoms with Crippen molar-refractivity contribution in [2.45, 2.75) is 77.5 Å². The standard InChI is InChI=1S/C23H36N4O8/c1-20(2)16(30)26(17(31)21(3,4)24(20)9)11-14(28)34-13-35-15(29)12-27-18(32)22(5,6)25(10)23(7,8)19(27)33/h11-13H2,1-10H3. The third-order valence-electron chi connectivity index (χ3n) is 7.44. The van der Waals surface area contributed by atoms with Crippen molar-refractivity contribution in [3.63, 3.8) is 0 Å². The molecule has 0 atom stereocenters. The van der Waals surface area contributed by atoms with Crippen LogP contribution >= 0.6 is 0 Å². The van der Waals surface area contributed by atoms with Gasteiger partial charge >= 0.3 is 11.9 Å². The van der Waals surface area contributed by atoms with E-state index in [1.165, 1.54) is 0 Å². The van der Waals surface area contributed by atoms with Crippen molar-refractivity contribution >= 4 is 35.6 Å². The molecule has 2 heterocycles. The van der Waals surface area contributed by atoms with Crippen LogP contribution in [-0.2, 0) is 38.2 Å². The number of likely N-dealkylation sites (N-methyl/N-ethyl adjacent to an activating group) is 2. The van der Waals surface area contributed by atoms with E-state index in [1.807, 2.05) is 0 Å². The molecule has 35 heavy (non-hydrogen) atoms. The van der Waals surface area contributed by atoms with Crippen molar-refractivity contribution in [2.75, 3.05) is 34.0 Å². The summed E-state index contributed by atoms with van der Waals surface area (Å²) in [4.78, 5) is 80.6. The quantitative estimate of drug-likeness (QED) is 0.275. The lowest BCUT2D eigenvalue weighted by atomic mass is 9.87. The Labute approximate surface area is 205 Å². The van der Waals surface area contributed by atoms with E-state index in [2.05, 4.69) is 0 Å². The van der Waals surface area contributed by atoms with Crippen LogP contribution < -0.4 is 0 Å². The Morgan fingerprint density at radius 3 is 1.03 bits per heavy atom. The minimum atomic E-state index is -1.03. The zero-order chi connectivity index (χ0) is 27.3. The topological polar surface area (TPSA) is 134 Å². The molecule has 0 saturated carbocycles. The number of hydrogen-bond donors (Lipinski definition) is 0. The predicted octanol–water partition coefficient (Wildman–Crippen LogP) is -0.254. The first-order valence-corrected chi connectivity index (χ1v) is 11.2. The molecule has 2 aliphatic heterocycles. The van der Waals surface area contributed by atoms with Crippen molar-refractivity contribution in [1.29, 1.82) is 0 Å². The number of amides is 4. The van der Waals surface area contributed by atoms with Crippen LogP contribution in [0.3, 0.4) is 0 Å². The fraction of sp³-hybridized carbons (Fsp3) is 0.739. The summed E-state index contributed by atoms with van der Waals surface area (Å²) in [6, 6.07) is 0. The number of rotatable bonds is 6. The van der Waals surface area contributed by atoms with Gasteiger partial charge in [0.1, 0.15) is 13.1 Å². The molecular formula is C23H36N4O8. The molecule has 196 valence electrons. The summed E-state index contributed by atoms with van der Waals surface area (Å²) in [7, 11) is 3.31. The molecule has 2 saturated heterocycles. The van der Waals surface area contributed by atoms with Crippen LogP contribution in [0, 0.1) is 0 Å².